The van der Waals surface area contributed by atoms with Gasteiger partial charge in [0, 0.05) is 19.8 Å². The van der Waals surface area contributed by atoms with Gasteiger partial charge in [0.15, 0.2) is 0 Å². The molecule has 1 nitrogen and oxygen atoms in total. The van der Waals surface area contributed by atoms with Crippen LogP contribution >= 0.6 is 35.0 Å². The summed E-state index contributed by atoms with van der Waals surface area (Å²) in [6.07, 6.45) is 0. The Balaban J connectivity index is 1.96. The molecule has 0 heterocycles. The summed E-state index contributed by atoms with van der Waals surface area (Å²) in [6.45, 7) is 0. The van der Waals surface area contributed by atoms with E-state index in [-0.39, 0.29) is 0 Å². The van der Waals surface area contributed by atoms with Crippen molar-refractivity contribution in [1.82, 2.24) is 0 Å². The third-order valence-electron chi connectivity index (χ3n) is 2.22. The van der Waals surface area contributed by atoms with Gasteiger partial charge in [-0.25, -0.2) is 0 Å². The summed E-state index contributed by atoms with van der Waals surface area (Å²) in [6, 6.07) is 14.6. The van der Waals surface area contributed by atoms with Crippen molar-refractivity contribution in [3.63, 3.8) is 0 Å². The molecule has 0 aliphatic heterocycles. The number of hydrogen-bond acceptors (Lipinski definition) is 2. The average molecular weight is 317 g/mol. The van der Waals surface area contributed by atoms with Gasteiger partial charge in [0.05, 0.1) is 15.9 Å². The third kappa shape index (κ3) is 4.02. The van der Waals surface area contributed by atoms with E-state index in [2.05, 4.69) is 0 Å². The predicted octanol–water partition coefficient (Wildman–Crippen LogP) is 4.85. The maximum Gasteiger partial charge on any atom is 0.0786 e. The minimum Gasteiger partial charge on any atom is -0.253 e. The zero-order valence-electron chi connectivity index (χ0n) is 9.31. The van der Waals surface area contributed by atoms with Gasteiger partial charge in [-0.2, -0.15) is 0 Å². The molecule has 2 aromatic carbocycles. The third-order valence-corrected chi connectivity index (χ3v) is 5.46. The lowest BCUT2D eigenvalue weighted by atomic mass is 10.4. The standard InChI is InChI=1S/C13H10Cl2OS2/c14-10-1-5-12(6-2-10)17-9-18(16)13-7-3-11(15)4-8-13/h1-8H,9H2. The molecule has 18 heavy (non-hydrogen) atoms. The van der Waals surface area contributed by atoms with Gasteiger partial charge in [-0.3, -0.25) is 4.21 Å². The molecular weight excluding hydrogens is 307 g/mol. The van der Waals surface area contributed by atoms with E-state index in [4.69, 9.17) is 23.2 Å². The van der Waals surface area contributed by atoms with Crippen molar-refractivity contribution in [1.29, 1.82) is 0 Å². The lowest BCUT2D eigenvalue weighted by Crippen LogP contribution is -1.93. The molecule has 0 fully saturated rings. The molecule has 94 valence electrons. The van der Waals surface area contributed by atoms with Crippen LogP contribution in [0.2, 0.25) is 10.0 Å². The first-order chi connectivity index (χ1) is 8.65. The van der Waals surface area contributed by atoms with Gasteiger partial charge in [0.2, 0.25) is 0 Å². The Labute approximate surface area is 123 Å². The van der Waals surface area contributed by atoms with Gasteiger partial charge in [0.25, 0.3) is 0 Å². The Bertz CT molecular complexity index is 538. The second-order valence-electron chi connectivity index (χ2n) is 3.52. The van der Waals surface area contributed by atoms with Gasteiger partial charge >= 0.3 is 0 Å². The normalized spacial score (nSPS) is 12.3. The van der Waals surface area contributed by atoms with Crippen LogP contribution in [0.15, 0.2) is 58.3 Å². The average Bonchev–Trinajstić information content (AvgIpc) is 2.38. The fraction of sp³-hybridized carbons (Fsp3) is 0.0769. The van der Waals surface area contributed by atoms with E-state index in [9.17, 15) is 4.21 Å². The predicted molar refractivity (Wildman–Crippen MR) is 80.0 cm³/mol. The van der Waals surface area contributed by atoms with Gasteiger partial charge in [0.1, 0.15) is 0 Å². The molecule has 0 spiro atoms. The Kier molecular flexibility index (Phi) is 5.13. The van der Waals surface area contributed by atoms with Crippen molar-refractivity contribution >= 4 is 45.8 Å². The molecule has 0 aliphatic carbocycles. The van der Waals surface area contributed by atoms with Gasteiger partial charge in [-0.1, -0.05) is 23.2 Å². The van der Waals surface area contributed by atoms with E-state index in [0.29, 0.717) is 15.1 Å². The Morgan fingerprint density at radius 2 is 1.39 bits per heavy atom. The summed E-state index contributed by atoms with van der Waals surface area (Å²) < 4.78 is 12.0. The van der Waals surface area contributed by atoms with E-state index < -0.39 is 10.8 Å². The van der Waals surface area contributed by atoms with Crippen LogP contribution in [-0.4, -0.2) is 9.29 Å². The zero-order valence-corrected chi connectivity index (χ0v) is 12.5. The molecule has 1 unspecified atom stereocenters. The van der Waals surface area contributed by atoms with Crippen molar-refractivity contribution in [3.05, 3.63) is 58.6 Å². The van der Waals surface area contributed by atoms with Crippen LogP contribution in [0.4, 0.5) is 0 Å². The second kappa shape index (κ2) is 6.62. The van der Waals surface area contributed by atoms with Gasteiger partial charge in [-0.05, 0) is 48.5 Å². The lowest BCUT2D eigenvalue weighted by Gasteiger charge is -2.03. The van der Waals surface area contributed by atoms with Crippen LogP contribution in [0.1, 0.15) is 0 Å². The molecule has 0 saturated carbocycles. The molecule has 0 N–H and O–H groups in total. The van der Waals surface area contributed by atoms with E-state index in [1.165, 1.54) is 0 Å². The Hall–Kier alpha value is -0.480. The fourth-order valence-electron chi connectivity index (χ4n) is 1.31. The van der Waals surface area contributed by atoms with Gasteiger partial charge < -0.3 is 0 Å². The van der Waals surface area contributed by atoms with Crippen molar-refractivity contribution in [2.24, 2.45) is 0 Å². The van der Waals surface area contributed by atoms with Crippen molar-refractivity contribution < 1.29 is 4.21 Å². The molecule has 0 aromatic heterocycles. The first kappa shape index (κ1) is 13.9. The maximum atomic E-state index is 12.0. The fourth-order valence-corrected chi connectivity index (χ4v) is 3.84. The van der Waals surface area contributed by atoms with Crippen LogP contribution in [0.3, 0.4) is 0 Å². The molecule has 2 rings (SSSR count). The SMILES string of the molecule is O=S(CSc1ccc(Cl)cc1)c1ccc(Cl)cc1. The summed E-state index contributed by atoms with van der Waals surface area (Å²) >= 11 is 13.1. The Morgan fingerprint density at radius 3 is 1.94 bits per heavy atom. The molecule has 1 atom stereocenters. The van der Waals surface area contributed by atoms with Crippen LogP contribution in [0.25, 0.3) is 0 Å². The Morgan fingerprint density at radius 1 is 0.889 bits per heavy atom. The van der Waals surface area contributed by atoms with E-state index in [0.717, 1.165) is 9.79 Å². The highest BCUT2D eigenvalue weighted by Gasteiger charge is 2.04. The summed E-state index contributed by atoms with van der Waals surface area (Å²) in [4.78, 5) is 1.85. The minimum atomic E-state index is -1.03. The van der Waals surface area contributed by atoms with E-state index >= 15 is 0 Å². The number of benzene rings is 2. The monoisotopic (exact) mass is 316 g/mol. The van der Waals surface area contributed by atoms with Crippen LogP contribution in [0.5, 0.6) is 0 Å². The lowest BCUT2D eigenvalue weighted by molar-refractivity contribution is 0.686. The number of hydrogen-bond donors (Lipinski definition) is 0. The number of rotatable bonds is 4. The van der Waals surface area contributed by atoms with Crippen LogP contribution in [-0.2, 0) is 10.8 Å². The smallest absolute Gasteiger partial charge is 0.0786 e. The summed E-state index contributed by atoms with van der Waals surface area (Å²) in [5.41, 5.74) is 0. The number of thioether (sulfide) groups is 1. The van der Waals surface area contributed by atoms with E-state index in [1.807, 2.05) is 24.3 Å². The van der Waals surface area contributed by atoms with Crippen molar-refractivity contribution in [3.8, 4) is 0 Å². The highest BCUT2D eigenvalue weighted by molar-refractivity contribution is 8.10. The van der Waals surface area contributed by atoms with Crippen LogP contribution < -0.4 is 0 Å². The first-order valence-electron chi connectivity index (χ1n) is 5.17. The molecule has 0 aliphatic rings. The molecular formula is C13H10Cl2OS2. The summed E-state index contributed by atoms with van der Waals surface area (Å²) in [5.74, 6) is 0. The topological polar surface area (TPSA) is 17.1 Å². The summed E-state index contributed by atoms with van der Waals surface area (Å²) in [7, 11) is -1.03. The largest absolute Gasteiger partial charge is 0.253 e. The molecule has 0 amide bonds. The zero-order chi connectivity index (χ0) is 13.0. The molecule has 2 aromatic rings. The summed E-state index contributed by atoms with van der Waals surface area (Å²) in [5, 5.41) is 1.88. The van der Waals surface area contributed by atoms with E-state index in [1.54, 1.807) is 36.0 Å². The maximum absolute atomic E-state index is 12.0. The quantitative estimate of drug-likeness (QED) is 0.750. The molecule has 0 saturated heterocycles. The minimum absolute atomic E-state index is 0.517. The van der Waals surface area contributed by atoms with Crippen LogP contribution in [0, 0.1) is 0 Å². The van der Waals surface area contributed by atoms with Gasteiger partial charge in [-0.15, -0.1) is 11.8 Å². The van der Waals surface area contributed by atoms with Crippen molar-refractivity contribution in [2.75, 3.05) is 5.08 Å². The second-order valence-corrected chi connectivity index (χ2v) is 7.25. The molecule has 0 bridgehead atoms. The highest BCUT2D eigenvalue weighted by atomic mass is 35.5. The van der Waals surface area contributed by atoms with Crippen molar-refractivity contribution in [2.45, 2.75) is 9.79 Å². The first-order valence-corrected chi connectivity index (χ1v) is 8.23. The number of halogens is 2. The molecule has 5 heteroatoms. The molecule has 0 radical (unpaired) electrons. The highest BCUT2D eigenvalue weighted by Crippen LogP contribution is 2.23.